The minimum Gasteiger partial charge on any atom is -0.492 e. The maximum Gasteiger partial charge on any atom is 0.573 e. The predicted octanol–water partition coefficient (Wildman–Crippen LogP) is 3.49. The number of benzene rings is 2. The maximum atomic E-state index is 12.9. The number of alkyl halides is 3. The van der Waals surface area contributed by atoms with Crippen molar-refractivity contribution < 1.29 is 41.0 Å². The fourth-order valence-corrected chi connectivity index (χ4v) is 4.06. The van der Waals surface area contributed by atoms with Crippen LogP contribution in [0.25, 0.3) is 0 Å². The molecule has 32 heavy (non-hydrogen) atoms. The number of anilines is 2. The summed E-state index contributed by atoms with van der Waals surface area (Å²) < 4.78 is 74.3. The summed E-state index contributed by atoms with van der Waals surface area (Å²) in [6.45, 7) is 1.74. The summed E-state index contributed by atoms with van der Waals surface area (Å²) in [5.74, 6) is -1.36. The van der Waals surface area contributed by atoms with Gasteiger partial charge in [0.05, 0.1) is 12.3 Å². The van der Waals surface area contributed by atoms with E-state index in [0.29, 0.717) is 0 Å². The fourth-order valence-electron chi connectivity index (χ4n) is 2.89. The standard InChI is InChI=1S/C20H21F3N2O6S/c1-2-30-16-11-13(24-19(27)18(26)12-6-7-12)8-9-17(16)32(28,29)25-14-4-3-5-15(10-14)31-20(21,22)23/h3-5,8-12,18,25-26H,2,6-7H2,1H3,(H,24,27). The van der Waals surface area contributed by atoms with Gasteiger partial charge < -0.3 is 19.9 Å². The highest BCUT2D eigenvalue weighted by Crippen LogP contribution is 2.34. The van der Waals surface area contributed by atoms with E-state index in [9.17, 15) is 31.5 Å². The molecule has 3 N–H and O–H groups in total. The minimum atomic E-state index is -4.92. The van der Waals surface area contributed by atoms with E-state index in [4.69, 9.17) is 4.74 Å². The Labute approximate surface area is 182 Å². The van der Waals surface area contributed by atoms with Gasteiger partial charge in [0, 0.05) is 17.8 Å². The molecule has 2 aromatic carbocycles. The molecule has 1 aliphatic rings. The molecular formula is C20H21F3N2O6S. The molecule has 1 fully saturated rings. The zero-order valence-corrected chi connectivity index (χ0v) is 17.7. The normalized spacial score (nSPS) is 15.0. The van der Waals surface area contributed by atoms with Crippen molar-refractivity contribution in [1.82, 2.24) is 0 Å². The van der Waals surface area contributed by atoms with Crippen LogP contribution in [0.5, 0.6) is 11.5 Å². The van der Waals surface area contributed by atoms with E-state index in [2.05, 4.69) is 14.8 Å². The molecule has 1 saturated carbocycles. The first kappa shape index (κ1) is 23.7. The molecule has 0 spiro atoms. The molecule has 2 aromatic rings. The van der Waals surface area contributed by atoms with Gasteiger partial charge in [-0.05, 0) is 49.9 Å². The molecule has 1 amide bonds. The van der Waals surface area contributed by atoms with Crippen molar-refractivity contribution in [3.8, 4) is 11.5 Å². The first-order valence-electron chi connectivity index (χ1n) is 9.63. The van der Waals surface area contributed by atoms with Crippen molar-refractivity contribution >= 4 is 27.3 Å². The number of nitrogens with one attached hydrogen (secondary N) is 2. The topological polar surface area (TPSA) is 114 Å². The van der Waals surface area contributed by atoms with Crippen molar-refractivity contribution in [3.05, 3.63) is 42.5 Å². The predicted molar refractivity (Wildman–Crippen MR) is 109 cm³/mol. The van der Waals surface area contributed by atoms with E-state index in [-0.39, 0.29) is 34.5 Å². The molecule has 3 rings (SSSR count). The van der Waals surface area contributed by atoms with E-state index >= 15 is 0 Å². The quantitative estimate of drug-likeness (QED) is 0.513. The Bertz CT molecular complexity index is 1090. The molecule has 8 nitrogen and oxygen atoms in total. The monoisotopic (exact) mass is 474 g/mol. The zero-order valence-electron chi connectivity index (χ0n) is 16.8. The van der Waals surface area contributed by atoms with Gasteiger partial charge in [0.25, 0.3) is 15.9 Å². The SMILES string of the molecule is CCOc1cc(NC(=O)C(O)C2CC2)ccc1S(=O)(=O)Nc1cccc(OC(F)(F)F)c1. The van der Waals surface area contributed by atoms with E-state index in [1.807, 2.05) is 0 Å². The second-order valence-corrected chi connectivity index (χ2v) is 8.70. The highest BCUT2D eigenvalue weighted by molar-refractivity contribution is 7.92. The van der Waals surface area contributed by atoms with Crippen LogP contribution in [-0.2, 0) is 14.8 Å². The van der Waals surface area contributed by atoms with Crippen LogP contribution >= 0.6 is 0 Å². The zero-order chi connectivity index (χ0) is 23.5. The average molecular weight is 474 g/mol. The number of sulfonamides is 1. The fraction of sp³-hybridized carbons (Fsp3) is 0.350. The van der Waals surface area contributed by atoms with Crippen molar-refractivity contribution in [2.24, 2.45) is 5.92 Å². The molecule has 0 aromatic heterocycles. The highest BCUT2D eigenvalue weighted by atomic mass is 32.2. The summed E-state index contributed by atoms with van der Waals surface area (Å²) in [6.07, 6.45) is -4.55. The van der Waals surface area contributed by atoms with Crippen LogP contribution in [0.3, 0.4) is 0 Å². The minimum absolute atomic E-state index is 0.0812. The molecular weight excluding hydrogens is 453 g/mol. The van der Waals surface area contributed by atoms with Crippen molar-refractivity contribution in [3.63, 3.8) is 0 Å². The molecule has 174 valence electrons. The Balaban J connectivity index is 1.82. The molecule has 12 heteroatoms. The number of rotatable bonds is 9. The van der Waals surface area contributed by atoms with Gasteiger partial charge in [0.1, 0.15) is 22.5 Å². The van der Waals surface area contributed by atoms with Crippen LogP contribution in [0.2, 0.25) is 0 Å². The van der Waals surface area contributed by atoms with Crippen LogP contribution < -0.4 is 19.5 Å². The van der Waals surface area contributed by atoms with Gasteiger partial charge >= 0.3 is 6.36 Å². The number of halogens is 3. The van der Waals surface area contributed by atoms with Crippen LogP contribution in [0.1, 0.15) is 19.8 Å². The van der Waals surface area contributed by atoms with Crippen molar-refractivity contribution in [2.75, 3.05) is 16.6 Å². The largest absolute Gasteiger partial charge is 0.573 e. The third kappa shape index (κ3) is 6.26. The summed E-state index contributed by atoms with van der Waals surface area (Å²) in [7, 11) is -4.27. The summed E-state index contributed by atoms with van der Waals surface area (Å²) in [6, 6.07) is 8.17. The molecule has 0 saturated heterocycles. The number of aliphatic hydroxyl groups excluding tert-OH is 1. The van der Waals surface area contributed by atoms with Gasteiger partial charge in [-0.3, -0.25) is 9.52 Å². The van der Waals surface area contributed by atoms with Crippen molar-refractivity contribution in [2.45, 2.75) is 37.1 Å². The average Bonchev–Trinajstić information content (AvgIpc) is 3.51. The lowest BCUT2D eigenvalue weighted by Crippen LogP contribution is -2.29. The lowest BCUT2D eigenvalue weighted by molar-refractivity contribution is -0.274. The number of hydrogen-bond acceptors (Lipinski definition) is 6. The number of carbonyl (C=O) groups is 1. The Hall–Kier alpha value is -2.99. The van der Waals surface area contributed by atoms with E-state index in [1.54, 1.807) is 6.92 Å². The van der Waals surface area contributed by atoms with Gasteiger partial charge in [-0.1, -0.05) is 6.07 Å². The molecule has 0 heterocycles. The third-order valence-electron chi connectivity index (χ3n) is 4.46. The Morgan fingerprint density at radius 3 is 2.53 bits per heavy atom. The first-order valence-corrected chi connectivity index (χ1v) is 11.1. The maximum absolute atomic E-state index is 12.9. The highest BCUT2D eigenvalue weighted by Gasteiger charge is 2.35. The van der Waals surface area contributed by atoms with E-state index in [0.717, 1.165) is 25.0 Å². The van der Waals surface area contributed by atoms with E-state index < -0.39 is 34.1 Å². The number of aliphatic hydroxyl groups is 1. The van der Waals surface area contributed by atoms with Gasteiger partial charge in [-0.2, -0.15) is 0 Å². The summed E-state index contributed by atoms with van der Waals surface area (Å²) in [5, 5.41) is 12.4. The van der Waals surface area contributed by atoms with Crippen LogP contribution in [0, 0.1) is 5.92 Å². The van der Waals surface area contributed by atoms with E-state index in [1.165, 1.54) is 30.3 Å². The second kappa shape index (κ2) is 9.25. The van der Waals surface area contributed by atoms with Gasteiger partial charge in [-0.25, -0.2) is 8.42 Å². The smallest absolute Gasteiger partial charge is 0.492 e. The van der Waals surface area contributed by atoms with Gasteiger partial charge in [0.2, 0.25) is 0 Å². The molecule has 0 aliphatic heterocycles. The molecule has 1 atom stereocenters. The summed E-state index contributed by atoms with van der Waals surface area (Å²) >= 11 is 0. The molecule has 1 aliphatic carbocycles. The number of hydrogen-bond donors (Lipinski definition) is 3. The molecule has 0 radical (unpaired) electrons. The van der Waals surface area contributed by atoms with Crippen LogP contribution in [0.15, 0.2) is 47.4 Å². The lowest BCUT2D eigenvalue weighted by atomic mass is 10.2. The Kier molecular flexibility index (Phi) is 6.84. The third-order valence-corrected chi connectivity index (χ3v) is 5.88. The summed E-state index contributed by atoms with van der Waals surface area (Å²) in [4.78, 5) is 11.8. The van der Waals surface area contributed by atoms with Gasteiger partial charge in [-0.15, -0.1) is 13.2 Å². The van der Waals surface area contributed by atoms with Gasteiger partial charge in [0.15, 0.2) is 0 Å². The summed E-state index contributed by atoms with van der Waals surface area (Å²) in [5.41, 5.74) is 0.0665. The van der Waals surface area contributed by atoms with Crippen molar-refractivity contribution in [1.29, 1.82) is 0 Å². The molecule has 0 bridgehead atoms. The molecule has 1 unspecified atom stereocenters. The Morgan fingerprint density at radius 2 is 1.91 bits per heavy atom. The Morgan fingerprint density at radius 1 is 1.19 bits per heavy atom. The lowest BCUT2D eigenvalue weighted by Gasteiger charge is -2.16. The number of amides is 1. The number of ether oxygens (including phenoxy) is 2. The second-order valence-electron chi connectivity index (χ2n) is 7.05. The van der Waals surface area contributed by atoms with Crippen LogP contribution in [-0.4, -0.2) is 38.5 Å². The first-order chi connectivity index (χ1) is 15.0. The number of carbonyl (C=O) groups excluding carboxylic acids is 1. The van der Waals surface area contributed by atoms with Crippen LogP contribution in [0.4, 0.5) is 24.5 Å².